The quantitative estimate of drug-likeness (QED) is 0.911. The van der Waals surface area contributed by atoms with Crippen molar-refractivity contribution in [1.29, 1.82) is 0 Å². The van der Waals surface area contributed by atoms with Crippen molar-refractivity contribution >= 4 is 17.4 Å². The molecule has 0 spiro atoms. The number of hydrogen-bond acceptors (Lipinski definition) is 4. The Balaban J connectivity index is 1.46. The average Bonchev–Trinajstić information content (AvgIpc) is 3.25. The number of amides is 1. The molecule has 1 aliphatic heterocycles. The lowest BCUT2D eigenvalue weighted by atomic mass is 10.0. The van der Waals surface area contributed by atoms with Crippen LogP contribution in [0, 0.1) is 11.7 Å². The maximum atomic E-state index is 13.4. The normalized spacial score (nSPS) is 17.6. The third kappa shape index (κ3) is 3.52. The number of carbonyl (C=O) groups is 1. The van der Waals surface area contributed by atoms with Gasteiger partial charge in [0.25, 0.3) is 0 Å². The Kier molecular flexibility index (Phi) is 4.42. The molecule has 1 aromatic carbocycles. The Morgan fingerprint density at radius 3 is 3.00 bits per heavy atom. The predicted molar refractivity (Wildman–Crippen MR) is 91.9 cm³/mol. The van der Waals surface area contributed by atoms with Gasteiger partial charge in [0.1, 0.15) is 11.6 Å². The molecule has 1 fully saturated rings. The molecule has 0 atom stereocenters. The van der Waals surface area contributed by atoms with Crippen LogP contribution in [-0.4, -0.2) is 22.5 Å². The molecule has 132 valence electrons. The summed E-state index contributed by atoms with van der Waals surface area (Å²) in [4.78, 5) is 14.5. The summed E-state index contributed by atoms with van der Waals surface area (Å²) < 4.78 is 18.8. The van der Waals surface area contributed by atoms with Gasteiger partial charge < -0.3 is 14.7 Å². The van der Waals surface area contributed by atoms with E-state index in [0.717, 1.165) is 11.3 Å². The van der Waals surface area contributed by atoms with Crippen molar-refractivity contribution in [2.45, 2.75) is 45.1 Å². The predicted octanol–water partition coefficient (Wildman–Crippen LogP) is 4.02. The summed E-state index contributed by atoms with van der Waals surface area (Å²) in [7, 11) is 0. The van der Waals surface area contributed by atoms with Crippen molar-refractivity contribution in [3.63, 3.8) is 0 Å². The Morgan fingerprint density at radius 2 is 2.20 bits per heavy atom. The molecule has 1 aromatic heterocycles. The van der Waals surface area contributed by atoms with Crippen LogP contribution in [0.4, 0.5) is 15.9 Å². The van der Waals surface area contributed by atoms with Crippen LogP contribution in [0.5, 0.6) is 0 Å². The highest BCUT2D eigenvalue weighted by Gasteiger charge is 2.29. The van der Waals surface area contributed by atoms with E-state index in [2.05, 4.69) is 10.5 Å². The monoisotopic (exact) mass is 343 g/mol. The van der Waals surface area contributed by atoms with E-state index in [1.165, 1.54) is 37.8 Å². The molecular weight excluding hydrogens is 321 g/mol. The molecule has 2 aromatic rings. The summed E-state index contributed by atoms with van der Waals surface area (Å²) in [6.07, 6.45) is 6.15. The average molecular weight is 343 g/mol. The summed E-state index contributed by atoms with van der Waals surface area (Å²) in [5.74, 6) is 1.83. The summed E-state index contributed by atoms with van der Waals surface area (Å²) in [5.41, 5.74) is 1.51. The van der Waals surface area contributed by atoms with E-state index in [-0.39, 0.29) is 11.7 Å². The highest BCUT2D eigenvalue weighted by Crippen LogP contribution is 2.31. The van der Waals surface area contributed by atoms with Gasteiger partial charge in [0.05, 0.1) is 12.1 Å². The van der Waals surface area contributed by atoms with Crippen LogP contribution in [0.3, 0.4) is 0 Å². The first-order valence-corrected chi connectivity index (χ1v) is 8.97. The van der Waals surface area contributed by atoms with Crippen LogP contribution in [0.15, 0.2) is 28.8 Å². The van der Waals surface area contributed by atoms with Gasteiger partial charge in [-0.15, -0.1) is 0 Å². The number of halogens is 1. The van der Waals surface area contributed by atoms with E-state index < -0.39 is 0 Å². The van der Waals surface area contributed by atoms with E-state index >= 15 is 0 Å². The van der Waals surface area contributed by atoms with Crippen molar-refractivity contribution in [3.8, 4) is 0 Å². The van der Waals surface area contributed by atoms with Crippen LogP contribution in [-0.2, 0) is 17.8 Å². The van der Waals surface area contributed by atoms with Crippen LogP contribution in [0.2, 0.25) is 0 Å². The van der Waals surface area contributed by atoms with Gasteiger partial charge >= 0.3 is 0 Å². The van der Waals surface area contributed by atoms with Gasteiger partial charge in [-0.05, 0) is 37.0 Å². The molecule has 0 bridgehead atoms. The minimum atomic E-state index is -0.310. The maximum absolute atomic E-state index is 13.4. The molecule has 0 saturated heterocycles. The molecule has 4 rings (SSSR count). The Hall–Kier alpha value is -2.37. The lowest BCUT2D eigenvalue weighted by Gasteiger charge is -2.27. The second kappa shape index (κ2) is 6.86. The van der Waals surface area contributed by atoms with Crippen molar-refractivity contribution in [2.75, 3.05) is 11.9 Å². The van der Waals surface area contributed by atoms with Gasteiger partial charge in [-0.25, -0.2) is 4.39 Å². The molecule has 0 radical (unpaired) electrons. The fourth-order valence-electron chi connectivity index (χ4n) is 3.81. The fourth-order valence-corrected chi connectivity index (χ4v) is 3.81. The third-order valence-electron chi connectivity index (χ3n) is 5.21. The van der Waals surface area contributed by atoms with Crippen LogP contribution in [0.1, 0.15) is 43.4 Å². The number of anilines is 2. The Labute approximate surface area is 146 Å². The largest absolute Gasteiger partial charge is 0.359 e. The number of aromatic nitrogens is 1. The number of hydrogen-bond donors (Lipinski definition) is 1. The summed E-state index contributed by atoms with van der Waals surface area (Å²) in [6, 6.07) is 6.22. The Morgan fingerprint density at radius 1 is 1.36 bits per heavy atom. The molecule has 2 aliphatic rings. The van der Waals surface area contributed by atoms with E-state index in [1.54, 1.807) is 12.1 Å². The van der Waals surface area contributed by atoms with Crippen molar-refractivity contribution in [3.05, 3.63) is 41.4 Å². The van der Waals surface area contributed by atoms with Crippen LogP contribution in [0.25, 0.3) is 0 Å². The molecule has 1 aliphatic carbocycles. The molecule has 2 heterocycles. The van der Waals surface area contributed by atoms with Gasteiger partial charge in [-0.3, -0.25) is 4.79 Å². The lowest BCUT2D eigenvalue weighted by molar-refractivity contribution is -0.133. The van der Waals surface area contributed by atoms with E-state index in [9.17, 15) is 9.18 Å². The van der Waals surface area contributed by atoms with Gasteiger partial charge in [-0.1, -0.05) is 24.1 Å². The Bertz CT molecular complexity index is 768. The standard InChI is InChI=1S/C19H22FN3O2/c20-14-6-3-7-15(11-14)21-19-16-12-23(9-8-17(16)25-22-19)18(24)10-13-4-1-2-5-13/h3,6-7,11,13H,1-2,4-5,8-10,12H2,(H,21,22). The second-order valence-electron chi connectivity index (χ2n) is 6.99. The molecule has 25 heavy (non-hydrogen) atoms. The first kappa shape index (κ1) is 16.1. The zero-order valence-corrected chi connectivity index (χ0v) is 14.1. The zero-order valence-electron chi connectivity index (χ0n) is 14.1. The molecule has 0 unspecified atom stereocenters. The number of benzene rings is 1. The third-order valence-corrected chi connectivity index (χ3v) is 5.21. The fraction of sp³-hybridized carbons (Fsp3) is 0.474. The highest BCUT2D eigenvalue weighted by molar-refractivity contribution is 5.77. The number of rotatable bonds is 4. The van der Waals surface area contributed by atoms with Crippen LogP contribution >= 0.6 is 0 Å². The minimum absolute atomic E-state index is 0.218. The smallest absolute Gasteiger partial charge is 0.223 e. The summed E-state index contributed by atoms with van der Waals surface area (Å²) in [6.45, 7) is 1.18. The zero-order chi connectivity index (χ0) is 17.2. The van der Waals surface area contributed by atoms with Gasteiger partial charge in [0.2, 0.25) is 5.91 Å². The molecule has 1 N–H and O–H groups in total. The van der Waals surface area contributed by atoms with Crippen molar-refractivity contribution < 1.29 is 13.7 Å². The first-order chi connectivity index (χ1) is 12.2. The molecule has 6 heteroatoms. The molecular formula is C19H22FN3O2. The van der Waals surface area contributed by atoms with Crippen molar-refractivity contribution in [1.82, 2.24) is 10.1 Å². The van der Waals surface area contributed by atoms with Crippen LogP contribution < -0.4 is 5.32 Å². The number of fused-ring (bicyclic) bond motifs is 1. The van der Waals surface area contributed by atoms with Gasteiger partial charge in [-0.2, -0.15) is 0 Å². The number of nitrogens with one attached hydrogen (secondary N) is 1. The van der Waals surface area contributed by atoms with E-state index in [1.807, 2.05) is 4.90 Å². The van der Waals surface area contributed by atoms with Crippen molar-refractivity contribution in [2.24, 2.45) is 5.92 Å². The highest BCUT2D eigenvalue weighted by atomic mass is 19.1. The number of nitrogens with zero attached hydrogens (tertiary/aromatic N) is 2. The van der Waals surface area contributed by atoms with E-state index in [0.29, 0.717) is 43.4 Å². The van der Waals surface area contributed by atoms with E-state index in [4.69, 9.17) is 4.52 Å². The minimum Gasteiger partial charge on any atom is -0.359 e. The maximum Gasteiger partial charge on any atom is 0.223 e. The first-order valence-electron chi connectivity index (χ1n) is 8.97. The summed E-state index contributed by atoms with van der Waals surface area (Å²) in [5, 5.41) is 7.18. The molecule has 1 saturated carbocycles. The van der Waals surface area contributed by atoms with Gasteiger partial charge in [0.15, 0.2) is 5.82 Å². The number of carbonyl (C=O) groups excluding carboxylic acids is 1. The lowest BCUT2D eigenvalue weighted by Crippen LogP contribution is -2.36. The summed E-state index contributed by atoms with van der Waals surface area (Å²) >= 11 is 0. The second-order valence-corrected chi connectivity index (χ2v) is 6.99. The topological polar surface area (TPSA) is 58.4 Å². The SMILES string of the molecule is O=C(CC1CCCC1)N1CCc2onc(Nc3cccc(F)c3)c2C1. The molecule has 5 nitrogen and oxygen atoms in total. The van der Waals surface area contributed by atoms with Gasteiger partial charge in [0, 0.05) is 25.1 Å². The molecule has 1 amide bonds.